The summed E-state index contributed by atoms with van der Waals surface area (Å²) in [6.45, 7) is 3.75. The fraction of sp³-hybridized carbons (Fsp3) is 0.231. The number of carbonyl (C=O) groups is 1. The molecule has 34 heavy (non-hydrogen) atoms. The third kappa shape index (κ3) is 4.98. The maximum Gasteiger partial charge on any atom is 0.257 e. The van der Waals surface area contributed by atoms with Crippen molar-refractivity contribution < 1.29 is 9.53 Å². The van der Waals surface area contributed by atoms with Crippen LogP contribution in [0.3, 0.4) is 0 Å². The van der Waals surface area contributed by atoms with E-state index in [1.54, 1.807) is 30.8 Å². The number of benzene rings is 2. The number of methoxy groups -OCH3 is 1. The first kappa shape index (κ1) is 22.2. The van der Waals surface area contributed by atoms with E-state index in [1.165, 1.54) is 0 Å². The van der Waals surface area contributed by atoms with Crippen molar-refractivity contribution >= 4 is 17.2 Å². The van der Waals surface area contributed by atoms with E-state index in [9.17, 15) is 4.79 Å². The van der Waals surface area contributed by atoms with E-state index in [0.29, 0.717) is 24.5 Å². The molecule has 3 heterocycles. The fourth-order valence-corrected chi connectivity index (χ4v) is 4.76. The average molecular weight is 472 g/mol. The molecule has 0 unspecified atom stereocenters. The van der Waals surface area contributed by atoms with Gasteiger partial charge in [0.15, 0.2) is 5.82 Å². The van der Waals surface area contributed by atoms with Crippen LogP contribution in [0.1, 0.15) is 16.1 Å². The minimum absolute atomic E-state index is 0.0188. The van der Waals surface area contributed by atoms with Crippen LogP contribution in [-0.4, -0.2) is 63.9 Å². The highest BCUT2D eigenvalue weighted by Gasteiger charge is 2.23. The van der Waals surface area contributed by atoms with E-state index < -0.39 is 0 Å². The Kier molecular flexibility index (Phi) is 6.60. The minimum Gasteiger partial charge on any atom is -0.497 e. The Morgan fingerprint density at radius 3 is 2.32 bits per heavy atom. The molecule has 8 heteroatoms. The molecular formula is C26H25N5O2S. The van der Waals surface area contributed by atoms with Crippen LogP contribution in [0.25, 0.3) is 22.0 Å². The van der Waals surface area contributed by atoms with Crippen molar-refractivity contribution in [1.29, 1.82) is 0 Å². The first-order valence-electron chi connectivity index (χ1n) is 11.2. The van der Waals surface area contributed by atoms with Crippen LogP contribution in [-0.2, 0) is 6.54 Å². The van der Waals surface area contributed by atoms with E-state index >= 15 is 0 Å². The van der Waals surface area contributed by atoms with Crippen molar-refractivity contribution in [2.45, 2.75) is 6.54 Å². The van der Waals surface area contributed by atoms with E-state index in [4.69, 9.17) is 9.72 Å². The van der Waals surface area contributed by atoms with Crippen LogP contribution in [0.5, 0.6) is 5.75 Å². The number of rotatable bonds is 6. The molecule has 1 aliphatic heterocycles. The number of hydrogen-bond acceptors (Lipinski definition) is 7. The van der Waals surface area contributed by atoms with Crippen LogP contribution in [0.2, 0.25) is 0 Å². The zero-order valence-corrected chi connectivity index (χ0v) is 19.7. The minimum atomic E-state index is -0.0188. The number of ether oxygens (including phenoxy) is 1. The van der Waals surface area contributed by atoms with E-state index in [0.717, 1.165) is 47.2 Å². The first-order chi connectivity index (χ1) is 16.7. The molecule has 172 valence electrons. The number of hydrogen-bond donors (Lipinski definition) is 0. The second kappa shape index (κ2) is 10.1. The number of nitrogens with zero attached hydrogens (tertiary/aromatic N) is 5. The topological polar surface area (TPSA) is 71.5 Å². The fourth-order valence-electron chi connectivity index (χ4n) is 3.94. The molecule has 1 saturated heterocycles. The lowest BCUT2D eigenvalue weighted by Gasteiger charge is -2.34. The molecule has 1 fully saturated rings. The molecule has 0 atom stereocenters. The largest absolute Gasteiger partial charge is 0.497 e. The molecule has 7 nitrogen and oxygen atoms in total. The highest BCUT2D eigenvalue weighted by atomic mass is 32.1. The summed E-state index contributed by atoms with van der Waals surface area (Å²) in [5, 5.41) is 3.12. The molecule has 2 aromatic carbocycles. The molecule has 5 rings (SSSR count). The van der Waals surface area contributed by atoms with E-state index in [1.807, 2.05) is 59.5 Å². The zero-order chi connectivity index (χ0) is 23.3. The molecule has 0 N–H and O–H groups in total. The zero-order valence-electron chi connectivity index (χ0n) is 18.9. The average Bonchev–Trinajstić information content (AvgIpc) is 3.38. The van der Waals surface area contributed by atoms with Gasteiger partial charge in [-0.05, 0) is 24.3 Å². The summed E-state index contributed by atoms with van der Waals surface area (Å²) in [4.78, 5) is 30.7. The number of aromatic nitrogens is 3. The number of thiazole rings is 1. The number of carbonyl (C=O) groups excluding carboxylic acids is 1. The summed E-state index contributed by atoms with van der Waals surface area (Å²) < 4.78 is 5.23. The number of amides is 1. The van der Waals surface area contributed by atoms with Crippen LogP contribution in [0.15, 0.2) is 72.4 Å². The van der Waals surface area contributed by atoms with Gasteiger partial charge in [-0.1, -0.05) is 30.3 Å². The molecule has 0 spiro atoms. The van der Waals surface area contributed by atoms with Crippen molar-refractivity contribution in [1.82, 2.24) is 24.8 Å². The predicted octanol–water partition coefficient (Wildman–Crippen LogP) is 4.23. The summed E-state index contributed by atoms with van der Waals surface area (Å²) in [5.74, 6) is 1.45. The number of piperazine rings is 1. The van der Waals surface area contributed by atoms with Crippen molar-refractivity contribution in [2.24, 2.45) is 0 Å². The van der Waals surface area contributed by atoms with Gasteiger partial charge < -0.3 is 9.64 Å². The second-order valence-electron chi connectivity index (χ2n) is 8.10. The molecule has 1 amide bonds. The Morgan fingerprint density at radius 1 is 0.941 bits per heavy atom. The van der Waals surface area contributed by atoms with Gasteiger partial charge in [0.05, 0.1) is 18.4 Å². The Bertz CT molecular complexity index is 1230. The van der Waals surface area contributed by atoms with Gasteiger partial charge >= 0.3 is 0 Å². The van der Waals surface area contributed by atoms with Crippen molar-refractivity contribution in [2.75, 3.05) is 33.3 Å². The van der Waals surface area contributed by atoms with Crippen LogP contribution < -0.4 is 4.74 Å². The van der Waals surface area contributed by atoms with Crippen LogP contribution in [0.4, 0.5) is 0 Å². The van der Waals surface area contributed by atoms with E-state index in [-0.39, 0.29) is 5.91 Å². The lowest BCUT2D eigenvalue weighted by molar-refractivity contribution is 0.0626. The van der Waals surface area contributed by atoms with Gasteiger partial charge in [0.25, 0.3) is 5.91 Å². The van der Waals surface area contributed by atoms with Gasteiger partial charge in [0.1, 0.15) is 10.8 Å². The maximum atomic E-state index is 12.9. The Balaban J connectivity index is 1.15. The Morgan fingerprint density at radius 2 is 1.65 bits per heavy atom. The standard InChI is InChI=1S/C26H25N5O2S/c1-33-23-9-7-20(8-10-23)25-29-22(18-34-25)17-30-11-13-31(14-12-30)26(32)21-15-27-24(28-16-21)19-5-3-2-4-6-19/h2-10,15-16,18H,11-14,17H2,1H3. The van der Waals surface area contributed by atoms with Gasteiger partial charge in [0.2, 0.25) is 0 Å². The van der Waals surface area contributed by atoms with Crippen LogP contribution in [0, 0.1) is 0 Å². The van der Waals surface area contributed by atoms with Gasteiger partial charge in [-0.15, -0.1) is 11.3 Å². The molecule has 0 radical (unpaired) electrons. The lowest BCUT2D eigenvalue weighted by atomic mass is 10.2. The second-order valence-corrected chi connectivity index (χ2v) is 8.96. The molecule has 0 bridgehead atoms. The lowest BCUT2D eigenvalue weighted by Crippen LogP contribution is -2.48. The molecule has 1 aliphatic rings. The van der Waals surface area contributed by atoms with Crippen LogP contribution >= 0.6 is 11.3 Å². The Labute approximate surface area is 202 Å². The summed E-state index contributed by atoms with van der Waals surface area (Å²) >= 11 is 1.65. The SMILES string of the molecule is COc1ccc(-c2nc(CN3CCN(C(=O)c4cnc(-c5ccccc5)nc4)CC3)cs2)cc1. The Hall–Kier alpha value is -3.62. The quantitative estimate of drug-likeness (QED) is 0.419. The summed E-state index contributed by atoms with van der Waals surface area (Å²) in [5.41, 5.74) is 3.61. The van der Waals surface area contributed by atoms with Gasteiger partial charge in [-0.2, -0.15) is 0 Å². The smallest absolute Gasteiger partial charge is 0.257 e. The van der Waals surface area contributed by atoms with Crippen molar-refractivity contribution in [3.63, 3.8) is 0 Å². The summed E-state index contributed by atoms with van der Waals surface area (Å²) in [6.07, 6.45) is 3.25. The van der Waals surface area contributed by atoms with Gasteiger partial charge in [-0.25, -0.2) is 15.0 Å². The molecular weight excluding hydrogens is 446 g/mol. The highest BCUT2D eigenvalue weighted by molar-refractivity contribution is 7.13. The normalized spacial score (nSPS) is 14.2. The summed E-state index contributed by atoms with van der Waals surface area (Å²) in [6, 6.07) is 17.7. The third-order valence-corrected chi connectivity index (χ3v) is 6.80. The maximum absolute atomic E-state index is 12.9. The van der Waals surface area contributed by atoms with Gasteiger partial charge in [0, 0.05) is 61.6 Å². The van der Waals surface area contributed by atoms with Gasteiger partial charge in [-0.3, -0.25) is 9.69 Å². The first-order valence-corrected chi connectivity index (χ1v) is 12.1. The molecule has 0 saturated carbocycles. The molecule has 0 aliphatic carbocycles. The molecule has 2 aromatic heterocycles. The monoisotopic (exact) mass is 471 g/mol. The summed E-state index contributed by atoms with van der Waals surface area (Å²) in [7, 11) is 1.67. The predicted molar refractivity (Wildman–Crippen MR) is 133 cm³/mol. The highest BCUT2D eigenvalue weighted by Crippen LogP contribution is 2.26. The van der Waals surface area contributed by atoms with Crippen molar-refractivity contribution in [3.8, 4) is 27.7 Å². The third-order valence-electron chi connectivity index (χ3n) is 5.86. The van der Waals surface area contributed by atoms with Crippen molar-refractivity contribution in [3.05, 3.63) is 83.6 Å². The molecule has 4 aromatic rings. The van der Waals surface area contributed by atoms with E-state index in [2.05, 4.69) is 20.2 Å².